The van der Waals surface area contributed by atoms with Crippen molar-refractivity contribution < 1.29 is 19.5 Å². The van der Waals surface area contributed by atoms with Gasteiger partial charge in [0.1, 0.15) is 0 Å². The van der Waals surface area contributed by atoms with Crippen molar-refractivity contribution in [2.45, 2.75) is 5.33 Å². The number of hydrogen-bond donors (Lipinski definition) is 0. The van der Waals surface area contributed by atoms with E-state index in [1.54, 1.807) is 0 Å². The van der Waals surface area contributed by atoms with Gasteiger partial charge in [-0.1, -0.05) is 46.3 Å². The van der Waals surface area contributed by atoms with E-state index in [0.29, 0.717) is 0 Å². The van der Waals surface area contributed by atoms with Gasteiger partial charge in [-0.25, -0.2) is 0 Å². The van der Waals surface area contributed by atoms with E-state index in [4.69, 9.17) is 0 Å². The summed E-state index contributed by atoms with van der Waals surface area (Å²) in [5.41, 5.74) is 1.33. The zero-order valence-electron chi connectivity index (χ0n) is 5.18. The maximum absolute atomic E-state index is 3.36. The van der Waals surface area contributed by atoms with Gasteiger partial charge < -0.3 is 0 Å². The van der Waals surface area contributed by atoms with E-state index < -0.39 is 0 Å². The summed E-state index contributed by atoms with van der Waals surface area (Å²) in [6, 6.07) is 10.3. The van der Waals surface area contributed by atoms with Gasteiger partial charge in [-0.2, -0.15) is 0 Å². The molecule has 0 spiro atoms. The van der Waals surface area contributed by atoms with Gasteiger partial charge in [-0.15, -0.1) is 0 Å². The molecule has 0 heterocycles. The van der Waals surface area contributed by atoms with Gasteiger partial charge in [0, 0.05) is 5.33 Å². The first-order valence-corrected chi connectivity index (χ1v) is 3.65. The molecule has 0 N–H and O–H groups in total. The zero-order chi connectivity index (χ0) is 5.82. The zero-order valence-corrected chi connectivity index (χ0v) is 9.73. The topological polar surface area (TPSA) is 0 Å². The van der Waals surface area contributed by atoms with Crippen molar-refractivity contribution in [2.75, 3.05) is 0 Å². The van der Waals surface area contributed by atoms with Crippen LogP contribution in [-0.4, -0.2) is 0 Å². The fraction of sp³-hybridized carbons (Fsp3) is 0.143. The number of alkyl halides is 1. The summed E-state index contributed by atoms with van der Waals surface area (Å²) >= 11 is 3.36. The molecule has 0 saturated carbocycles. The first kappa shape index (κ1) is 9.32. The quantitative estimate of drug-likeness (QED) is 0.519. The first-order valence-electron chi connectivity index (χ1n) is 2.53. The average molecular weight is 236 g/mol. The van der Waals surface area contributed by atoms with Gasteiger partial charge in [-0.3, -0.25) is 0 Å². The number of hydrogen-bond acceptors (Lipinski definition) is 0. The second kappa shape index (κ2) is 5.14. The molecule has 0 aliphatic heterocycles. The van der Waals surface area contributed by atoms with Gasteiger partial charge >= 0.3 is 19.5 Å². The summed E-state index contributed by atoms with van der Waals surface area (Å²) in [5.74, 6) is 0. The van der Waals surface area contributed by atoms with Crippen LogP contribution in [0.4, 0.5) is 0 Å². The molecule has 9 heavy (non-hydrogen) atoms. The molecule has 42 valence electrons. The second-order valence-electron chi connectivity index (χ2n) is 1.62. The Bertz CT molecular complexity index is 150. The van der Waals surface area contributed by atoms with Crippen LogP contribution < -0.4 is 0 Å². The Kier molecular flexibility index (Phi) is 5.32. The standard InChI is InChI=1S/C7H7Br.Zn/c8-6-7-4-2-1-3-5-7;/h1-5H,6H2;/q;+2. The number of benzene rings is 1. The van der Waals surface area contributed by atoms with E-state index in [2.05, 4.69) is 28.1 Å². The predicted molar refractivity (Wildman–Crippen MR) is 39.1 cm³/mol. The van der Waals surface area contributed by atoms with E-state index >= 15 is 0 Å². The van der Waals surface area contributed by atoms with Crippen molar-refractivity contribution in [1.82, 2.24) is 0 Å². The van der Waals surface area contributed by atoms with Crippen molar-refractivity contribution >= 4 is 15.9 Å². The smallest absolute Gasteiger partial charge is 0.0876 e. The van der Waals surface area contributed by atoms with Gasteiger partial charge in [0.05, 0.1) is 0 Å². The van der Waals surface area contributed by atoms with Crippen LogP contribution in [0.3, 0.4) is 0 Å². The molecule has 0 radical (unpaired) electrons. The predicted octanol–water partition coefficient (Wildman–Crippen LogP) is 2.58. The van der Waals surface area contributed by atoms with Crippen molar-refractivity contribution in [3.05, 3.63) is 35.9 Å². The van der Waals surface area contributed by atoms with Crippen molar-refractivity contribution in [2.24, 2.45) is 0 Å². The molecule has 1 aromatic rings. The summed E-state index contributed by atoms with van der Waals surface area (Å²) in [7, 11) is 0. The molecule has 0 unspecified atom stereocenters. The summed E-state index contributed by atoms with van der Waals surface area (Å²) in [6.45, 7) is 0. The van der Waals surface area contributed by atoms with Crippen LogP contribution in [0.25, 0.3) is 0 Å². The normalized spacial score (nSPS) is 8.11. The molecule has 0 aliphatic carbocycles. The molecular weight excluding hydrogens is 229 g/mol. The first-order chi connectivity index (χ1) is 3.93. The van der Waals surface area contributed by atoms with Gasteiger partial charge in [0.25, 0.3) is 0 Å². The van der Waals surface area contributed by atoms with Crippen LogP contribution in [0, 0.1) is 0 Å². The monoisotopic (exact) mass is 234 g/mol. The third kappa shape index (κ3) is 3.12. The Balaban J connectivity index is 0.000000640. The molecule has 0 aliphatic rings. The van der Waals surface area contributed by atoms with E-state index in [9.17, 15) is 0 Å². The van der Waals surface area contributed by atoms with Gasteiger partial charge in [0.2, 0.25) is 0 Å². The molecule has 2 heteroatoms. The largest absolute Gasteiger partial charge is 2.00 e. The molecule has 0 fully saturated rings. The van der Waals surface area contributed by atoms with Crippen LogP contribution in [0.15, 0.2) is 30.3 Å². The average Bonchev–Trinajstić information content (AvgIpc) is 1.90. The summed E-state index contributed by atoms with van der Waals surface area (Å²) < 4.78 is 0. The Morgan fingerprint density at radius 2 is 1.67 bits per heavy atom. The third-order valence-electron chi connectivity index (χ3n) is 0.997. The van der Waals surface area contributed by atoms with E-state index in [-0.39, 0.29) is 19.5 Å². The maximum atomic E-state index is 3.36. The Morgan fingerprint density at radius 3 is 2.00 bits per heavy atom. The van der Waals surface area contributed by atoms with Crippen LogP contribution >= 0.6 is 15.9 Å². The molecule has 0 bridgehead atoms. The molecule has 0 saturated heterocycles. The van der Waals surface area contributed by atoms with Crippen LogP contribution in [0.2, 0.25) is 0 Å². The molecular formula is C7H7BrZn+2. The molecule has 0 aromatic heterocycles. The van der Waals surface area contributed by atoms with Crippen LogP contribution in [-0.2, 0) is 24.8 Å². The summed E-state index contributed by atoms with van der Waals surface area (Å²) in [4.78, 5) is 0. The van der Waals surface area contributed by atoms with Crippen molar-refractivity contribution in [3.8, 4) is 0 Å². The molecule has 0 nitrogen and oxygen atoms in total. The Morgan fingerprint density at radius 1 is 1.11 bits per heavy atom. The second-order valence-corrected chi connectivity index (χ2v) is 2.18. The van der Waals surface area contributed by atoms with E-state index in [1.165, 1.54) is 5.56 Å². The number of rotatable bonds is 1. The fourth-order valence-electron chi connectivity index (χ4n) is 0.567. The minimum atomic E-state index is 0. The van der Waals surface area contributed by atoms with Crippen LogP contribution in [0.1, 0.15) is 5.56 Å². The summed E-state index contributed by atoms with van der Waals surface area (Å²) in [5, 5.41) is 0.952. The number of halogens is 1. The molecule has 1 aromatic carbocycles. The van der Waals surface area contributed by atoms with Crippen molar-refractivity contribution in [1.29, 1.82) is 0 Å². The minimum absolute atomic E-state index is 0. The van der Waals surface area contributed by atoms with E-state index in [1.807, 2.05) is 18.2 Å². The van der Waals surface area contributed by atoms with Crippen molar-refractivity contribution in [3.63, 3.8) is 0 Å². The SMILES string of the molecule is BrCc1ccccc1.[Zn+2]. The Hall–Kier alpha value is 0.323. The maximum Gasteiger partial charge on any atom is 2.00 e. The Labute approximate surface area is 76.5 Å². The molecule has 1 rings (SSSR count). The van der Waals surface area contributed by atoms with Crippen LogP contribution in [0.5, 0.6) is 0 Å². The molecule has 0 amide bonds. The molecule has 0 atom stereocenters. The van der Waals surface area contributed by atoms with Gasteiger partial charge in [-0.05, 0) is 5.56 Å². The van der Waals surface area contributed by atoms with E-state index in [0.717, 1.165) is 5.33 Å². The summed E-state index contributed by atoms with van der Waals surface area (Å²) in [6.07, 6.45) is 0. The fourth-order valence-corrected chi connectivity index (χ4v) is 0.941. The minimum Gasteiger partial charge on any atom is -0.0876 e. The van der Waals surface area contributed by atoms with Gasteiger partial charge in [0.15, 0.2) is 0 Å². The third-order valence-corrected chi connectivity index (χ3v) is 1.64.